The van der Waals surface area contributed by atoms with Crippen molar-refractivity contribution < 1.29 is 19.3 Å². The third-order valence-corrected chi connectivity index (χ3v) is 2.28. The highest BCUT2D eigenvalue weighted by Gasteiger charge is 1.95. The van der Waals surface area contributed by atoms with E-state index < -0.39 is 0 Å². The van der Waals surface area contributed by atoms with Crippen LogP contribution in [0.2, 0.25) is 0 Å². The van der Waals surface area contributed by atoms with Crippen molar-refractivity contribution in [2.24, 2.45) is 0 Å². The first kappa shape index (κ1) is 15.5. The number of rotatable bonds is 8. The van der Waals surface area contributed by atoms with Crippen LogP contribution in [0.25, 0.3) is 0 Å². The Balaban J connectivity index is 2.22. The third-order valence-electron chi connectivity index (χ3n) is 2.28. The number of methoxy groups -OCH3 is 1. The van der Waals surface area contributed by atoms with Crippen molar-refractivity contribution in [3.63, 3.8) is 0 Å². The summed E-state index contributed by atoms with van der Waals surface area (Å²) >= 11 is 0. The predicted molar refractivity (Wildman–Crippen MR) is 73.2 cm³/mol. The van der Waals surface area contributed by atoms with E-state index in [1.54, 1.807) is 7.11 Å². The van der Waals surface area contributed by atoms with Crippen LogP contribution in [0.5, 0.6) is 5.75 Å². The van der Waals surface area contributed by atoms with E-state index in [0.29, 0.717) is 26.4 Å². The molecule has 0 aliphatic carbocycles. The minimum absolute atomic E-state index is 0.135. The van der Waals surface area contributed by atoms with Gasteiger partial charge in [0.15, 0.2) is 0 Å². The topological polar surface area (TPSA) is 47.9 Å². The molecule has 0 aliphatic rings. The quantitative estimate of drug-likeness (QED) is 0.570. The van der Waals surface area contributed by atoms with E-state index in [9.17, 15) is 0 Å². The van der Waals surface area contributed by atoms with Gasteiger partial charge < -0.3 is 19.3 Å². The molecule has 104 valence electrons. The summed E-state index contributed by atoms with van der Waals surface area (Å²) in [6.45, 7) is 2.36. The molecule has 0 unspecified atom stereocenters. The first-order valence-corrected chi connectivity index (χ1v) is 6.26. The van der Waals surface area contributed by atoms with Gasteiger partial charge in [0.05, 0.1) is 19.8 Å². The Morgan fingerprint density at radius 1 is 1.16 bits per heavy atom. The summed E-state index contributed by atoms with van der Waals surface area (Å²) in [5, 5.41) is 8.63. The lowest BCUT2D eigenvalue weighted by molar-refractivity contribution is 0.0644. The van der Waals surface area contributed by atoms with Crippen LogP contribution in [0.3, 0.4) is 0 Å². The lowest BCUT2D eigenvalue weighted by atomic mass is 10.2. The maximum atomic E-state index is 8.63. The number of hydrogen-bond acceptors (Lipinski definition) is 4. The summed E-state index contributed by atoms with van der Waals surface area (Å²) in [7, 11) is 1.65. The molecule has 1 aromatic carbocycles. The average molecular weight is 264 g/mol. The van der Waals surface area contributed by atoms with Gasteiger partial charge >= 0.3 is 0 Å². The number of hydrogen-bond donors (Lipinski definition) is 1. The highest BCUT2D eigenvalue weighted by molar-refractivity contribution is 5.39. The molecule has 0 bridgehead atoms. The van der Waals surface area contributed by atoms with E-state index in [2.05, 4.69) is 11.8 Å². The molecule has 0 radical (unpaired) electrons. The smallest absolute Gasteiger partial charge is 0.120 e. The molecule has 0 fully saturated rings. The zero-order valence-electron chi connectivity index (χ0n) is 11.2. The molecule has 0 atom stereocenters. The Kier molecular flexibility index (Phi) is 8.48. The van der Waals surface area contributed by atoms with Crippen molar-refractivity contribution in [2.75, 3.05) is 40.1 Å². The van der Waals surface area contributed by atoms with Crippen LogP contribution in [-0.2, 0) is 9.47 Å². The second kappa shape index (κ2) is 10.4. The van der Waals surface area contributed by atoms with E-state index in [1.807, 2.05) is 24.3 Å². The van der Waals surface area contributed by atoms with Crippen LogP contribution >= 0.6 is 0 Å². The van der Waals surface area contributed by atoms with Crippen molar-refractivity contribution in [3.05, 3.63) is 29.8 Å². The Morgan fingerprint density at radius 2 is 2.05 bits per heavy atom. The molecular weight excluding hydrogens is 244 g/mol. The number of aliphatic hydroxyl groups excluding tert-OH is 1. The zero-order chi connectivity index (χ0) is 13.8. The molecule has 0 aliphatic heterocycles. The summed E-state index contributed by atoms with van der Waals surface area (Å²) < 4.78 is 15.8. The zero-order valence-corrected chi connectivity index (χ0v) is 11.2. The van der Waals surface area contributed by atoms with Gasteiger partial charge in [0.25, 0.3) is 0 Å². The van der Waals surface area contributed by atoms with Gasteiger partial charge in [-0.2, -0.15) is 0 Å². The lowest BCUT2D eigenvalue weighted by Crippen LogP contribution is -2.06. The van der Waals surface area contributed by atoms with Gasteiger partial charge in [-0.25, -0.2) is 0 Å². The molecule has 0 heterocycles. The summed E-state index contributed by atoms with van der Waals surface area (Å²) in [4.78, 5) is 0. The van der Waals surface area contributed by atoms with Crippen LogP contribution in [0, 0.1) is 11.8 Å². The van der Waals surface area contributed by atoms with Crippen molar-refractivity contribution in [1.29, 1.82) is 0 Å². The van der Waals surface area contributed by atoms with Crippen LogP contribution in [0.15, 0.2) is 24.3 Å². The Hall–Kier alpha value is -1.54. The van der Waals surface area contributed by atoms with Crippen LogP contribution in [0.1, 0.15) is 12.0 Å². The van der Waals surface area contributed by atoms with E-state index in [1.165, 1.54) is 0 Å². The molecule has 0 saturated heterocycles. The maximum Gasteiger partial charge on any atom is 0.120 e. The Labute approximate surface area is 114 Å². The van der Waals surface area contributed by atoms with Gasteiger partial charge in [-0.1, -0.05) is 17.9 Å². The molecular formula is C15H20O4. The normalized spacial score (nSPS) is 9.79. The molecule has 4 heteroatoms. The molecule has 0 saturated carbocycles. The Morgan fingerprint density at radius 3 is 2.84 bits per heavy atom. The first-order valence-electron chi connectivity index (χ1n) is 6.26. The van der Waals surface area contributed by atoms with E-state index in [4.69, 9.17) is 19.3 Å². The fourth-order valence-electron chi connectivity index (χ4n) is 1.40. The van der Waals surface area contributed by atoms with Gasteiger partial charge in [0, 0.05) is 25.7 Å². The number of ether oxygens (including phenoxy) is 3. The van der Waals surface area contributed by atoms with Gasteiger partial charge in [-0.3, -0.25) is 0 Å². The fourth-order valence-corrected chi connectivity index (χ4v) is 1.40. The fraction of sp³-hybridized carbons (Fsp3) is 0.467. The Bertz CT molecular complexity index is 406. The van der Waals surface area contributed by atoms with Crippen molar-refractivity contribution in [3.8, 4) is 17.6 Å². The van der Waals surface area contributed by atoms with Crippen molar-refractivity contribution in [2.45, 2.75) is 6.42 Å². The highest BCUT2D eigenvalue weighted by atomic mass is 16.5. The largest absolute Gasteiger partial charge is 0.493 e. The monoisotopic (exact) mass is 264 g/mol. The molecule has 1 N–H and O–H groups in total. The molecule has 4 nitrogen and oxygen atoms in total. The molecule has 19 heavy (non-hydrogen) atoms. The van der Waals surface area contributed by atoms with Gasteiger partial charge in [-0.05, 0) is 18.2 Å². The summed E-state index contributed by atoms with van der Waals surface area (Å²) in [6.07, 6.45) is 0.830. The standard InChI is InChI=1S/C15H20O4/c1-17-11-12-18-9-4-10-19-15-7-2-5-14(13-15)6-3-8-16/h2,5,7,13,16H,4,8-12H2,1H3. The van der Waals surface area contributed by atoms with Crippen LogP contribution < -0.4 is 4.74 Å². The average Bonchev–Trinajstić information content (AvgIpc) is 2.44. The van der Waals surface area contributed by atoms with Crippen LogP contribution in [-0.4, -0.2) is 45.3 Å². The molecule has 1 rings (SSSR count). The van der Waals surface area contributed by atoms with Gasteiger partial charge in [-0.15, -0.1) is 0 Å². The van der Waals surface area contributed by atoms with Gasteiger partial charge in [0.2, 0.25) is 0 Å². The van der Waals surface area contributed by atoms with E-state index in [-0.39, 0.29) is 6.61 Å². The first-order chi connectivity index (χ1) is 9.36. The minimum Gasteiger partial charge on any atom is -0.493 e. The summed E-state index contributed by atoms with van der Waals surface area (Å²) in [5.41, 5.74) is 0.836. The third kappa shape index (κ3) is 7.47. The number of aliphatic hydroxyl groups is 1. The minimum atomic E-state index is -0.135. The second-order valence-corrected chi connectivity index (χ2v) is 3.79. The number of benzene rings is 1. The molecule has 1 aromatic rings. The SMILES string of the molecule is COCCOCCCOc1cccc(C#CCO)c1. The van der Waals surface area contributed by atoms with Crippen LogP contribution in [0.4, 0.5) is 0 Å². The highest BCUT2D eigenvalue weighted by Crippen LogP contribution is 2.12. The molecule has 0 spiro atoms. The van der Waals surface area contributed by atoms with Crippen molar-refractivity contribution in [1.82, 2.24) is 0 Å². The summed E-state index contributed by atoms with van der Waals surface area (Å²) in [6, 6.07) is 7.50. The van der Waals surface area contributed by atoms with E-state index >= 15 is 0 Å². The summed E-state index contributed by atoms with van der Waals surface area (Å²) in [5.74, 6) is 6.23. The predicted octanol–water partition coefficient (Wildman–Crippen LogP) is 1.46. The maximum absolute atomic E-state index is 8.63. The second-order valence-electron chi connectivity index (χ2n) is 3.79. The van der Waals surface area contributed by atoms with Gasteiger partial charge in [0.1, 0.15) is 12.4 Å². The lowest BCUT2D eigenvalue weighted by Gasteiger charge is -2.07. The molecule has 0 amide bonds. The van der Waals surface area contributed by atoms with Crippen molar-refractivity contribution >= 4 is 0 Å². The molecule has 0 aromatic heterocycles. The van der Waals surface area contributed by atoms with E-state index in [0.717, 1.165) is 17.7 Å².